The molecule has 5 nitrogen and oxygen atoms in total. The van der Waals surface area contributed by atoms with Crippen molar-refractivity contribution >= 4 is 39.2 Å². The molecule has 1 aliphatic carbocycles. The first-order chi connectivity index (χ1) is 14.0. The van der Waals surface area contributed by atoms with Crippen LogP contribution in [0.15, 0.2) is 52.9 Å². The van der Waals surface area contributed by atoms with Crippen LogP contribution in [0.5, 0.6) is 0 Å². The molecule has 0 bridgehead atoms. The molecule has 2 N–H and O–H groups in total. The third-order valence-electron chi connectivity index (χ3n) is 5.28. The molecule has 0 radical (unpaired) electrons. The molecule has 2 unspecified atom stereocenters. The Morgan fingerprint density at radius 2 is 2.21 bits per heavy atom. The van der Waals surface area contributed by atoms with Crippen LogP contribution < -0.4 is 11.3 Å². The molecular weight excluding hydrogens is 402 g/mol. The van der Waals surface area contributed by atoms with Gasteiger partial charge in [0.05, 0.1) is 5.39 Å². The first-order valence-electron chi connectivity index (χ1n) is 9.66. The van der Waals surface area contributed by atoms with Crippen LogP contribution in [0.25, 0.3) is 10.2 Å². The van der Waals surface area contributed by atoms with Crippen molar-refractivity contribution in [2.75, 3.05) is 0 Å². The Bertz CT molecular complexity index is 1130. The standard InChI is InChI=1S/C22H23N3O2S2/c1-3-11-25-21(27)17-15-10-9-13(2)12-16(15)28-20(17)24-22(25)29-18(19(23)26)14-7-5-4-6-8-14/h3-8,13,18H,1,9-12H2,2H3,(H2,23,26). The van der Waals surface area contributed by atoms with Crippen molar-refractivity contribution in [1.29, 1.82) is 0 Å². The van der Waals surface area contributed by atoms with Gasteiger partial charge in [0.15, 0.2) is 5.16 Å². The van der Waals surface area contributed by atoms with Gasteiger partial charge in [-0.05, 0) is 36.3 Å². The Kier molecular flexibility index (Phi) is 5.61. The zero-order valence-corrected chi connectivity index (χ0v) is 17.9. The minimum atomic E-state index is -0.619. The lowest BCUT2D eigenvalue weighted by molar-refractivity contribution is -0.117. The van der Waals surface area contributed by atoms with Crippen LogP contribution in [0.4, 0.5) is 0 Å². The number of primary amides is 1. The number of hydrogen-bond acceptors (Lipinski definition) is 5. The molecule has 1 amide bonds. The highest BCUT2D eigenvalue weighted by atomic mass is 32.2. The normalized spacial score (nSPS) is 17.1. The second-order valence-electron chi connectivity index (χ2n) is 7.44. The SMILES string of the molecule is C=CCn1c(SC(C(N)=O)c2ccccc2)nc2sc3c(c2c1=O)CCC(C)C3. The first kappa shape index (κ1) is 19.9. The van der Waals surface area contributed by atoms with Gasteiger partial charge in [-0.1, -0.05) is 55.1 Å². The van der Waals surface area contributed by atoms with Crippen molar-refractivity contribution in [2.24, 2.45) is 11.7 Å². The summed E-state index contributed by atoms with van der Waals surface area (Å²) in [6.45, 7) is 6.37. The molecule has 0 saturated carbocycles. The highest BCUT2D eigenvalue weighted by molar-refractivity contribution is 8.00. The number of carbonyl (C=O) groups is 1. The smallest absolute Gasteiger partial charge is 0.263 e. The molecular formula is C22H23N3O2S2. The number of rotatable bonds is 6. The number of carbonyl (C=O) groups excluding carboxylic acids is 1. The van der Waals surface area contributed by atoms with Crippen LogP contribution >= 0.6 is 23.1 Å². The topological polar surface area (TPSA) is 78.0 Å². The number of allylic oxidation sites excluding steroid dienone is 1. The number of benzene rings is 1. The van der Waals surface area contributed by atoms with Crippen molar-refractivity contribution < 1.29 is 4.79 Å². The number of nitrogens with two attached hydrogens (primary N) is 1. The minimum absolute atomic E-state index is 0.0549. The van der Waals surface area contributed by atoms with Crippen LogP contribution in [-0.4, -0.2) is 15.5 Å². The second kappa shape index (κ2) is 8.16. The lowest BCUT2D eigenvalue weighted by Crippen LogP contribution is -2.25. The van der Waals surface area contributed by atoms with E-state index in [1.54, 1.807) is 22.0 Å². The van der Waals surface area contributed by atoms with Crippen LogP contribution in [0.1, 0.15) is 34.6 Å². The number of thioether (sulfide) groups is 1. The van der Waals surface area contributed by atoms with Gasteiger partial charge < -0.3 is 5.73 Å². The van der Waals surface area contributed by atoms with Gasteiger partial charge in [0.2, 0.25) is 5.91 Å². The van der Waals surface area contributed by atoms with Crippen LogP contribution in [0.2, 0.25) is 0 Å². The van der Waals surface area contributed by atoms with Gasteiger partial charge in [-0.3, -0.25) is 14.2 Å². The van der Waals surface area contributed by atoms with Gasteiger partial charge in [-0.25, -0.2) is 4.98 Å². The monoisotopic (exact) mass is 425 g/mol. The average Bonchev–Trinajstić information content (AvgIpc) is 3.06. The Morgan fingerprint density at radius 1 is 1.45 bits per heavy atom. The average molecular weight is 426 g/mol. The quantitative estimate of drug-likeness (QED) is 0.367. The highest BCUT2D eigenvalue weighted by Crippen LogP contribution is 2.38. The van der Waals surface area contributed by atoms with Crippen molar-refractivity contribution in [1.82, 2.24) is 9.55 Å². The Morgan fingerprint density at radius 3 is 2.90 bits per heavy atom. The van der Waals surface area contributed by atoms with E-state index < -0.39 is 11.2 Å². The molecule has 0 saturated heterocycles. The van der Waals surface area contributed by atoms with Gasteiger partial charge in [0, 0.05) is 11.4 Å². The Balaban J connectivity index is 1.85. The molecule has 150 valence electrons. The minimum Gasteiger partial charge on any atom is -0.368 e. The summed E-state index contributed by atoms with van der Waals surface area (Å²) in [5.74, 6) is 0.164. The summed E-state index contributed by atoms with van der Waals surface area (Å²) < 4.78 is 1.61. The third-order valence-corrected chi connectivity index (χ3v) is 7.69. The van der Waals surface area contributed by atoms with E-state index in [-0.39, 0.29) is 5.56 Å². The summed E-state index contributed by atoms with van der Waals surface area (Å²) in [5, 5.41) is 0.617. The zero-order valence-electron chi connectivity index (χ0n) is 16.3. The van der Waals surface area contributed by atoms with Crippen LogP contribution in [0.3, 0.4) is 0 Å². The lowest BCUT2D eigenvalue weighted by atomic mass is 9.89. The van der Waals surface area contributed by atoms with Crippen molar-refractivity contribution in [3.05, 3.63) is 69.3 Å². The van der Waals surface area contributed by atoms with Gasteiger partial charge in [0.1, 0.15) is 10.1 Å². The molecule has 29 heavy (non-hydrogen) atoms. The molecule has 1 aromatic carbocycles. The maximum atomic E-state index is 13.4. The molecule has 0 aliphatic heterocycles. The van der Waals surface area contributed by atoms with E-state index in [2.05, 4.69) is 13.5 Å². The molecule has 2 aromatic heterocycles. The van der Waals surface area contributed by atoms with Crippen molar-refractivity contribution in [3.63, 3.8) is 0 Å². The fourth-order valence-corrected chi connectivity index (χ4v) is 6.29. The molecule has 0 spiro atoms. The van der Waals surface area contributed by atoms with E-state index in [4.69, 9.17) is 10.7 Å². The molecule has 1 aliphatic rings. The summed E-state index contributed by atoms with van der Waals surface area (Å²) in [7, 11) is 0. The number of aromatic nitrogens is 2. The van der Waals surface area contributed by atoms with Gasteiger partial charge in [0.25, 0.3) is 5.56 Å². The molecule has 2 heterocycles. The van der Waals surface area contributed by atoms with Gasteiger partial charge in [-0.2, -0.15) is 0 Å². The number of amides is 1. The highest BCUT2D eigenvalue weighted by Gasteiger charge is 2.27. The number of hydrogen-bond donors (Lipinski definition) is 1. The van der Waals surface area contributed by atoms with E-state index in [0.29, 0.717) is 17.6 Å². The first-order valence-corrected chi connectivity index (χ1v) is 11.4. The molecule has 0 fully saturated rings. The third kappa shape index (κ3) is 3.76. The fourth-order valence-electron chi connectivity index (χ4n) is 3.81. The lowest BCUT2D eigenvalue weighted by Gasteiger charge is -2.18. The zero-order chi connectivity index (χ0) is 20.5. The summed E-state index contributed by atoms with van der Waals surface area (Å²) in [5.41, 5.74) is 7.59. The Labute approximate surface area is 177 Å². The predicted molar refractivity (Wildman–Crippen MR) is 120 cm³/mol. The number of nitrogens with zero attached hydrogens (tertiary/aromatic N) is 2. The maximum Gasteiger partial charge on any atom is 0.263 e. The van der Waals surface area contributed by atoms with Gasteiger partial charge in [-0.15, -0.1) is 17.9 Å². The molecule has 4 rings (SSSR count). The predicted octanol–water partition coefficient (Wildman–Crippen LogP) is 4.09. The van der Waals surface area contributed by atoms with Crippen LogP contribution in [0, 0.1) is 5.92 Å². The summed E-state index contributed by atoms with van der Waals surface area (Å²) in [6, 6.07) is 9.35. The number of thiophene rings is 1. The van der Waals surface area contributed by atoms with Crippen molar-refractivity contribution in [3.8, 4) is 0 Å². The number of fused-ring (bicyclic) bond motifs is 3. The number of aryl methyl sites for hydroxylation is 1. The van der Waals surface area contributed by atoms with Crippen LogP contribution in [-0.2, 0) is 24.2 Å². The van der Waals surface area contributed by atoms with E-state index in [9.17, 15) is 9.59 Å². The second-order valence-corrected chi connectivity index (χ2v) is 9.60. The summed E-state index contributed by atoms with van der Waals surface area (Å²) >= 11 is 2.84. The molecule has 2 atom stereocenters. The van der Waals surface area contributed by atoms with Gasteiger partial charge >= 0.3 is 0 Å². The van der Waals surface area contributed by atoms with E-state index in [1.165, 1.54) is 16.6 Å². The Hall–Kier alpha value is -2.38. The fraction of sp³-hybridized carbons (Fsp3) is 0.318. The largest absolute Gasteiger partial charge is 0.368 e. The molecule has 7 heteroatoms. The van der Waals surface area contributed by atoms with Crippen molar-refractivity contribution in [2.45, 2.75) is 43.1 Å². The maximum absolute atomic E-state index is 13.4. The van der Waals surface area contributed by atoms with E-state index >= 15 is 0 Å². The molecule has 3 aromatic rings. The van der Waals surface area contributed by atoms with E-state index in [1.807, 2.05) is 30.3 Å². The summed E-state index contributed by atoms with van der Waals surface area (Å²) in [6.07, 6.45) is 4.69. The van der Waals surface area contributed by atoms with E-state index in [0.717, 1.165) is 40.6 Å². The summed E-state index contributed by atoms with van der Waals surface area (Å²) in [4.78, 5) is 32.4.